The monoisotopic (exact) mass is 916 g/mol. The molecule has 0 fully saturated rings. The van der Waals surface area contributed by atoms with Crippen LogP contribution in [0.25, 0.3) is 0 Å². The average molecular weight is 917 g/mol. The van der Waals surface area contributed by atoms with Crippen LogP contribution in [-0.2, 0) is 14.3 Å². The van der Waals surface area contributed by atoms with Gasteiger partial charge in [-0.3, -0.25) is 9.59 Å². The van der Waals surface area contributed by atoms with E-state index in [1.54, 1.807) is 6.08 Å². The summed E-state index contributed by atoms with van der Waals surface area (Å²) in [7, 11) is 0. The smallest absolute Gasteiger partial charge is 0.305 e. The van der Waals surface area contributed by atoms with Crippen LogP contribution >= 0.6 is 0 Å². The third-order valence-corrected chi connectivity index (χ3v) is 13.5. The highest BCUT2D eigenvalue weighted by atomic mass is 16.5. The Labute approximate surface area is 405 Å². The molecule has 0 aliphatic rings. The van der Waals surface area contributed by atoms with Gasteiger partial charge in [-0.15, -0.1) is 0 Å². The number of nitrogens with one attached hydrogen (secondary N) is 1. The molecular formula is C59H113NO5. The summed E-state index contributed by atoms with van der Waals surface area (Å²) in [5, 5.41) is 23.2. The number of esters is 1. The normalized spacial score (nSPS) is 12.7. The van der Waals surface area contributed by atoms with Crippen LogP contribution in [0, 0.1) is 0 Å². The molecule has 2 atom stereocenters. The second kappa shape index (κ2) is 54.9. The Bertz CT molecular complexity index is 1010. The van der Waals surface area contributed by atoms with Crippen LogP contribution in [-0.4, -0.2) is 47.4 Å². The summed E-state index contributed by atoms with van der Waals surface area (Å²) in [4.78, 5) is 24.5. The van der Waals surface area contributed by atoms with Gasteiger partial charge in [-0.05, 0) is 57.8 Å². The summed E-state index contributed by atoms with van der Waals surface area (Å²) >= 11 is 0. The second-order valence-electron chi connectivity index (χ2n) is 20.0. The summed E-state index contributed by atoms with van der Waals surface area (Å²) in [5.41, 5.74) is 0. The van der Waals surface area contributed by atoms with Gasteiger partial charge in [0.05, 0.1) is 25.4 Å². The summed E-state index contributed by atoms with van der Waals surface area (Å²) in [6, 6.07) is -0.646. The topological polar surface area (TPSA) is 95.9 Å². The van der Waals surface area contributed by atoms with Gasteiger partial charge in [-0.25, -0.2) is 0 Å². The molecule has 1 amide bonds. The maximum Gasteiger partial charge on any atom is 0.305 e. The number of amides is 1. The number of aliphatic hydroxyl groups is 2. The van der Waals surface area contributed by atoms with E-state index in [-0.39, 0.29) is 18.5 Å². The molecule has 65 heavy (non-hydrogen) atoms. The molecule has 0 rings (SSSR count). The Kier molecular flexibility index (Phi) is 53.5. The molecular weight excluding hydrogens is 803 g/mol. The molecule has 0 heterocycles. The van der Waals surface area contributed by atoms with Gasteiger partial charge in [-0.2, -0.15) is 0 Å². The van der Waals surface area contributed by atoms with Crippen molar-refractivity contribution < 1.29 is 24.5 Å². The molecule has 0 radical (unpaired) electrons. The highest BCUT2D eigenvalue weighted by Crippen LogP contribution is 2.17. The van der Waals surface area contributed by atoms with Crippen LogP contribution in [0.3, 0.4) is 0 Å². The van der Waals surface area contributed by atoms with Gasteiger partial charge in [0.1, 0.15) is 0 Å². The SMILES string of the molecule is CCCCCCC/C=C\CCCCCCCC(=O)OCCCCCCCCCCCCC(=O)NC(CO)C(O)/C=C/CCCCCCCCCCCCCCCCCCCCCCCC. The molecule has 6 heteroatoms. The number of rotatable bonds is 54. The van der Waals surface area contributed by atoms with Crippen molar-refractivity contribution in [3.05, 3.63) is 24.3 Å². The van der Waals surface area contributed by atoms with Gasteiger partial charge in [0, 0.05) is 12.8 Å². The van der Waals surface area contributed by atoms with E-state index >= 15 is 0 Å². The minimum absolute atomic E-state index is 0.0286. The molecule has 0 aromatic heterocycles. The first kappa shape index (κ1) is 63.3. The predicted octanol–water partition coefficient (Wildman–Crippen LogP) is 17.9. The minimum atomic E-state index is -0.860. The van der Waals surface area contributed by atoms with E-state index in [0.29, 0.717) is 19.4 Å². The number of carbonyl (C=O) groups excluding carboxylic acids is 2. The number of aliphatic hydroxyl groups excluding tert-OH is 2. The Balaban J connectivity index is 3.50. The van der Waals surface area contributed by atoms with Crippen LogP contribution in [0.4, 0.5) is 0 Å². The first-order chi connectivity index (χ1) is 32.0. The second-order valence-corrected chi connectivity index (χ2v) is 20.0. The summed E-state index contributed by atoms with van der Waals surface area (Å²) in [5.74, 6) is -0.117. The van der Waals surface area contributed by atoms with Crippen LogP contribution in [0.1, 0.15) is 316 Å². The first-order valence-corrected chi connectivity index (χ1v) is 29.1. The van der Waals surface area contributed by atoms with Gasteiger partial charge in [0.15, 0.2) is 0 Å². The van der Waals surface area contributed by atoms with Gasteiger partial charge in [-0.1, -0.05) is 269 Å². The zero-order valence-corrected chi connectivity index (χ0v) is 43.7. The van der Waals surface area contributed by atoms with E-state index in [0.717, 1.165) is 57.8 Å². The fourth-order valence-corrected chi connectivity index (χ4v) is 8.98. The number of unbranched alkanes of at least 4 members (excludes halogenated alkanes) is 41. The molecule has 384 valence electrons. The van der Waals surface area contributed by atoms with Crippen molar-refractivity contribution in [3.8, 4) is 0 Å². The number of allylic oxidation sites excluding steroid dienone is 3. The predicted molar refractivity (Wildman–Crippen MR) is 283 cm³/mol. The lowest BCUT2D eigenvalue weighted by molar-refractivity contribution is -0.143. The van der Waals surface area contributed by atoms with Crippen LogP contribution < -0.4 is 5.32 Å². The molecule has 3 N–H and O–H groups in total. The number of hydrogen-bond acceptors (Lipinski definition) is 5. The van der Waals surface area contributed by atoms with Crippen molar-refractivity contribution in [2.75, 3.05) is 13.2 Å². The molecule has 0 saturated heterocycles. The fourth-order valence-electron chi connectivity index (χ4n) is 8.98. The molecule has 2 unspecified atom stereocenters. The maximum atomic E-state index is 12.5. The third-order valence-electron chi connectivity index (χ3n) is 13.5. The molecule has 0 aliphatic carbocycles. The lowest BCUT2D eigenvalue weighted by atomic mass is 10.0. The highest BCUT2D eigenvalue weighted by Gasteiger charge is 2.18. The van der Waals surface area contributed by atoms with E-state index in [2.05, 4.69) is 31.3 Å². The summed E-state index contributed by atoms with van der Waals surface area (Å²) < 4.78 is 5.45. The van der Waals surface area contributed by atoms with E-state index in [1.807, 2.05) is 6.08 Å². The number of hydrogen-bond donors (Lipinski definition) is 3. The number of ether oxygens (including phenoxy) is 1. The minimum Gasteiger partial charge on any atom is -0.466 e. The van der Waals surface area contributed by atoms with E-state index in [1.165, 1.54) is 231 Å². The zero-order chi connectivity index (χ0) is 47.2. The fraction of sp³-hybridized carbons (Fsp3) is 0.898. The summed E-state index contributed by atoms with van der Waals surface area (Å²) in [6.07, 6.45) is 66.3. The average Bonchev–Trinajstić information content (AvgIpc) is 3.31. The van der Waals surface area contributed by atoms with Crippen LogP contribution in [0.15, 0.2) is 24.3 Å². The van der Waals surface area contributed by atoms with Gasteiger partial charge < -0.3 is 20.3 Å². The van der Waals surface area contributed by atoms with Crippen molar-refractivity contribution in [2.24, 2.45) is 0 Å². The van der Waals surface area contributed by atoms with Crippen LogP contribution in [0.5, 0.6) is 0 Å². The Morgan fingerprint density at radius 1 is 0.415 bits per heavy atom. The van der Waals surface area contributed by atoms with Crippen molar-refractivity contribution in [1.82, 2.24) is 5.32 Å². The molecule has 6 nitrogen and oxygen atoms in total. The molecule has 0 aliphatic heterocycles. The van der Waals surface area contributed by atoms with E-state index in [9.17, 15) is 19.8 Å². The Morgan fingerprint density at radius 2 is 0.723 bits per heavy atom. The van der Waals surface area contributed by atoms with Crippen LogP contribution in [0.2, 0.25) is 0 Å². The lowest BCUT2D eigenvalue weighted by Crippen LogP contribution is -2.45. The van der Waals surface area contributed by atoms with Crippen molar-refractivity contribution in [1.29, 1.82) is 0 Å². The highest BCUT2D eigenvalue weighted by molar-refractivity contribution is 5.76. The van der Waals surface area contributed by atoms with E-state index < -0.39 is 12.1 Å². The summed E-state index contributed by atoms with van der Waals surface area (Å²) in [6.45, 7) is 4.86. The molecule has 0 saturated carbocycles. The lowest BCUT2D eigenvalue weighted by Gasteiger charge is -2.20. The van der Waals surface area contributed by atoms with Gasteiger partial charge in [0.25, 0.3) is 0 Å². The Hall–Kier alpha value is -1.66. The molecule has 0 bridgehead atoms. The van der Waals surface area contributed by atoms with Crippen molar-refractivity contribution >= 4 is 11.9 Å². The third kappa shape index (κ3) is 51.6. The van der Waals surface area contributed by atoms with E-state index in [4.69, 9.17) is 4.74 Å². The van der Waals surface area contributed by atoms with Gasteiger partial charge >= 0.3 is 5.97 Å². The zero-order valence-electron chi connectivity index (χ0n) is 43.7. The first-order valence-electron chi connectivity index (χ1n) is 29.1. The number of carbonyl (C=O) groups is 2. The quantitative estimate of drug-likeness (QED) is 0.0321. The maximum absolute atomic E-state index is 12.5. The standard InChI is InChI=1S/C59H113NO5/c1-3-5-7-9-11-13-15-17-19-20-21-22-23-24-25-26-27-28-29-31-35-39-43-47-51-57(62)56(55-61)60-58(63)52-48-44-40-36-33-34-38-42-46-50-54-65-59(64)53-49-45-41-37-32-30-18-16-14-12-10-8-6-4-2/h16,18,47,51,56-57,61-62H,3-15,17,19-46,48-50,52-55H2,1-2H3,(H,60,63)/b18-16-,51-47+. The molecule has 0 aromatic carbocycles. The van der Waals surface area contributed by atoms with Crippen molar-refractivity contribution in [3.63, 3.8) is 0 Å². The molecule has 0 aromatic rings. The van der Waals surface area contributed by atoms with Crippen molar-refractivity contribution in [2.45, 2.75) is 328 Å². The largest absolute Gasteiger partial charge is 0.466 e. The molecule has 0 spiro atoms. The Morgan fingerprint density at radius 3 is 1.09 bits per heavy atom. The van der Waals surface area contributed by atoms with Gasteiger partial charge in [0.2, 0.25) is 5.91 Å².